The number of benzene rings is 2. The van der Waals surface area contributed by atoms with Crippen LogP contribution in [0.1, 0.15) is 30.4 Å². The van der Waals surface area contributed by atoms with Gasteiger partial charge in [-0.2, -0.15) is 0 Å². The summed E-state index contributed by atoms with van der Waals surface area (Å²) in [7, 11) is 0. The first kappa shape index (κ1) is 14.0. The summed E-state index contributed by atoms with van der Waals surface area (Å²) in [4.78, 5) is 12.9. The highest BCUT2D eigenvalue weighted by Crippen LogP contribution is 2.43. The van der Waals surface area contributed by atoms with E-state index in [0.29, 0.717) is 30.4 Å². The molecule has 3 rings (SSSR count). The van der Waals surface area contributed by atoms with Crippen molar-refractivity contribution in [3.05, 3.63) is 71.8 Å². The third-order valence-electron chi connectivity index (χ3n) is 4.33. The molecule has 2 aromatic rings. The molecule has 0 amide bonds. The van der Waals surface area contributed by atoms with E-state index in [1.165, 1.54) is 0 Å². The van der Waals surface area contributed by atoms with Crippen molar-refractivity contribution in [2.24, 2.45) is 0 Å². The van der Waals surface area contributed by atoms with Gasteiger partial charge in [-0.3, -0.25) is 4.79 Å². The van der Waals surface area contributed by atoms with Gasteiger partial charge in [0.05, 0.1) is 0 Å². The van der Waals surface area contributed by atoms with Crippen molar-refractivity contribution >= 4 is 5.78 Å². The maximum atomic E-state index is 12.9. The van der Waals surface area contributed by atoms with Crippen molar-refractivity contribution in [3.8, 4) is 0 Å². The monoisotopic (exact) mass is 282 g/mol. The lowest BCUT2D eigenvalue weighted by Crippen LogP contribution is -2.52. The van der Waals surface area contributed by atoms with Gasteiger partial charge in [-0.25, -0.2) is 0 Å². The van der Waals surface area contributed by atoms with Crippen molar-refractivity contribution in [2.45, 2.75) is 30.5 Å². The number of hydrogen-bond acceptors (Lipinski definition) is 3. The zero-order chi connectivity index (χ0) is 14.9. The van der Waals surface area contributed by atoms with Gasteiger partial charge >= 0.3 is 0 Å². The Morgan fingerprint density at radius 1 is 0.714 bits per heavy atom. The summed E-state index contributed by atoms with van der Waals surface area (Å²) in [6.07, 6.45) is 1.26. The number of hydrogen-bond donors (Lipinski definition) is 2. The molecule has 0 aromatic heterocycles. The molecule has 21 heavy (non-hydrogen) atoms. The van der Waals surface area contributed by atoms with E-state index in [1.807, 2.05) is 12.1 Å². The van der Waals surface area contributed by atoms with Gasteiger partial charge in [0, 0.05) is 0 Å². The summed E-state index contributed by atoms with van der Waals surface area (Å²) in [6.45, 7) is 0. The Labute approximate surface area is 123 Å². The van der Waals surface area contributed by atoms with Crippen molar-refractivity contribution in [1.82, 2.24) is 0 Å². The number of ketones is 1. The molecule has 0 bridgehead atoms. The predicted molar refractivity (Wildman–Crippen MR) is 79.5 cm³/mol. The third kappa shape index (κ3) is 2.19. The molecule has 1 aliphatic carbocycles. The molecule has 3 heteroatoms. The van der Waals surface area contributed by atoms with Gasteiger partial charge in [0.1, 0.15) is 0 Å². The van der Waals surface area contributed by atoms with E-state index < -0.39 is 17.0 Å². The van der Waals surface area contributed by atoms with Crippen LogP contribution in [0.25, 0.3) is 0 Å². The summed E-state index contributed by atoms with van der Waals surface area (Å²) < 4.78 is 0. The number of aliphatic hydroxyl groups is 2. The Balaban J connectivity index is 2.05. The van der Waals surface area contributed by atoms with E-state index in [0.717, 1.165) is 0 Å². The molecular weight excluding hydrogens is 264 g/mol. The average Bonchev–Trinajstić information content (AvgIpc) is 2.54. The summed E-state index contributed by atoms with van der Waals surface area (Å²) in [5.74, 6) is -0.529. The van der Waals surface area contributed by atoms with Crippen LogP contribution in [0.4, 0.5) is 0 Å². The molecule has 0 heterocycles. The highest BCUT2D eigenvalue weighted by Gasteiger charge is 2.53. The third-order valence-corrected chi connectivity index (χ3v) is 4.33. The van der Waals surface area contributed by atoms with Crippen LogP contribution in [-0.2, 0) is 16.0 Å². The first-order chi connectivity index (χ1) is 10.1. The molecular formula is C18H18O3. The van der Waals surface area contributed by atoms with E-state index in [9.17, 15) is 15.0 Å². The van der Waals surface area contributed by atoms with E-state index in [4.69, 9.17) is 0 Å². The quantitative estimate of drug-likeness (QED) is 0.890. The van der Waals surface area contributed by atoms with Gasteiger partial charge in [-0.1, -0.05) is 60.7 Å². The van der Waals surface area contributed by atoms with Crippen LogP contribution in [0.3, 0.4) is 0 Å². The van der Waals surface area contributed by atoms with Crippen LogP contribution in [0.2, 0.25) is 0 Å². The first-order valence-electron chi connectivity index (χ1n) is 7.18. The fourth-order valence-electron chi connectivity index (χ4n) is 3.15. The van der Waals surface area contributed by atoms with Crippen LogP contribution in [-0.4, -0.2) is 16.0 Å². The zero-order valence-electron chi connectivity index (χ0n) is 11.7. The largest absolute Gasteiger partial charge is 0.377 e. The molecule has 0 saturated heterocycles. The standard InChI is InChI=1S/C18H18O3/c19-16-17(20,14-8-3-1-4-9-14)12-7-13-18(16,21)15-10-5-2-6-11-15/h1-6,8-11,20-21H,7,12-13H2/t17-,18+. The van der Waals surface area contributed by atoms with Gasteiger partial charge in [-0.15, -0.1) is 0 Å². The fraction of sp³-hybridized carbons (Fsp3) is 0.278. The molecule has 2 atom stereocenters. The SMILES string of the molecule is O=C1[C@@](O)(c2ccccc2)CCC[C@@]1(O)c1ccccc1. The summed E-state index contributed by atoms with van der Waals surface area (Å²) >= 11 is 0. The van der Waals surface area contributed by atoms with Gasteiger partial charge < -0.3 is 10.2 Å². The van der Waals surface area contributed by atoms with E-state index in [2.05, 4.69) is 0 Å². The number of carbonyl (C=O) groups excluding carboxylic acids is 1. The van der Waals surface area contributed by atoms with Crippen LogP contribution in [0.5, 0.6) is 0 Å². The normalized spacial score (nSPS) is 29.3. The summed E-state index contributed by atoms with van der Waals surface area (Å²) in [6, 6.07) is 17.8. The Morgan fingerprint density at radius 2 is 1.10 bits per heavy atom. The minimum absolute atomic E-state index is 0.338. The van der Waals surface area contributed by atoms with E-state index in [-0.39, 0.29) is 0 Å². The molecule has 1 saturated carbocycles. The lowest BCUT2D eigenvalue weighted by molar-refractivity contribution is -0.168. The Morgan fingerprint density at radius 3 is 1.48 bits per heavy atom. The molecule has 0 aliphatic heterocycles. The topological polar surface area (TPSA) is 57.5 Å². The molecule has 1 aliphatic rings. The minimum atomic E-state index is -1.62. The number of Topliss-reactive ketones (excluding diaryl/α,β-unsaturated/α-hetero) is 1. The molecule has 108 valence electrons. The minimum Gasteiger partial charge on any atom is -0.377 e. The second kappa shape index (κ2) is 5.10. The summed E-state index contributed by atoms with van der Waals surface area (Å²) in [5.41, 5.74) is -2.15. The Hall–Kier alpha value is -1.97. The Bertz CT molecular complexity index is 583. The summed E-state index contributed by atoms with van der Waals surface area (Å²) in [5, 5.41) is 21.8. The smallest absolute Gasteiger partial charge is 0.204 e. The lowest BCUT2D eigenvalue weighted by atomic mass is 9.68. The van der Waals surface area contributed by atoms with Crippen molar-refractivity contribution < 1.29 is 15.0 Å². The molecule has 2 N–H and O–H groups in total. The molecule has 0 radical (unpaired) electrons. The van der Waals surface area contributed by atoms with Crippen LogP contribution in [0.15, 0.2) is 60.7 Å². The van der Waals surface area contributed by atoms with Crippen LogP contribution < -0.4 is 0 Å². The number of carbonyl (C=O) groups is 1. The molecule has 2 aromatic carbocycles. The average molecular weight is 282 g/mol. The molecule has 1 fully saturated rings. The fourth-order valence-corrected chi connectivity index (χ4v) is 3.15. The lowest BCUT2D eigenvalue weighted by Gasteiger charge is -2.41. The predicted octanol–water partition coefficient (Wildman–Crippen LogP) is 2.52. The first-order valence-corrected chi connectivity index (χ1v) is 7.18. The van der Waals surface area contributed by atoms with Crippen molar-refractivity contribution in [2.75, 3.05) is 0 Å². The molecule has 3 nitrogen and oxygen atoms in total. The second-order valence-electron chi connectivity index (χ2n) is 5.64. The van der Waals surface area contributed by atoms with Gasteiger partial charge in [-0.05, 0) is 30.4 Å². The van der Waals surface area contributed by atoms with Crippen LogP contribution in [0, 0.1) is 0 Å². The maximum Gasteiger partial charge on any atom is 0.204 e. The van der Waals surface area contributed by atoms with Gasteiger partial charge in [0.2, 0.25) is 5.78 Å². The van der Waals surface area contributed by atoms with Crippen molar-refractivity contribution in [1.29, 1.82) is 0 Å². The number of rotatable bonds is 2. The molecule has 0 unspecified atom stereocenters. The van der Waals surface area contributed by atoms with E-state index >= 15 is 0 Å². The molecule has 0 spiro atoms. The maximum absolute atomic E-state index is 12.9. The van der Waals surface area contributed by atoms with Crippen molar-refractivity contribution in [3.63, 3.8) is 0 Å². The van der Waals surface area contributed by atoms with Gasteiger partial charge in [0.25, 0.3) is 0 Å². The Kier molecular flexibility index (Phi) is 3.40. The van der Waals surface area contributed by atoms with Gasteiger partial charge in [0.15, 0.2) is 11.2 Å². The van der Waals surface area contributed by atoms with Crippen LogP contribution >= 0.6 is 0 Å². The second-order valence-corrected chi connectivity index (χ2v) is 5.64. The highest BCUT2D eigenvalue weighted by atomic mass is 16.3. The highest BCUT2D eigenvalue weighted by molar-refractivity contribution is 5.96. The zero-order valence-corrected chi connectivity index (χ0v) is 11.7. The van der Waals surface area contributed by atoms with E-state index in [1.54, 1.807) is 48.5 Å².